The standard InChI is InChI=1S/C9H9N7O4/c1-15-2-3-16(4-15)7-11-5(13-8(17)18)10-6(12-7)14-9(19)20/h2-4H,1H3,(H3-,10,11,12,13,14,17,18,19,20)/p+1. The van der Waals surface area contributed by atoms with E-state index in [1.165, 1.54) is 4.57 Å². The van der Waals surface area contributed by atoms with Gasteiger partial charge >= 0.3 is 18.1 Å². The highest BCUT2D eigenvalue weighted by molar-refractivity contribution is 5.82. The summed E-state index contributed by atoms with van der Waals surface area (Å²) in [5, 5.41) is 21.2. The number of nitrogens with zero attached hydrogens (tertiary/aromatic N) is 5. The van der Waals surface area contributed by atoms with Crippen LogP contribution in [0.3, 0.4) is 0 Å². The molecule has 0 aliphatic heterocycles. The van der Waals surface area contributed by atoms with E-state index in [-0.39, 0.29) is 17.8 Å². The maximum Gasteiger partial charge on any atom is 0.411 e. The predicted molar refractivity (Wildman–Crippen MR) is 63.6 cm³/mol. The number of aromatic nitrogens is 5. The zero-order valence-electron chi connectivity index (χ0n) is 10.2. The molecule has 0 aromatic carbocycles. The lowest BCUT2D eigenvalue weighted by Crippen LogP contribution is -2.24. The minimum Gasteiger partial charge on any atom is -0.465 e. The molecule has 2 aromatic heterocycles. The number of aryl methyl sites for hydroxylation is 1. The van der Waals surface area contributed by atoms with Gasteiger partial charge in [0.2, 0.25) is 11.9 Å². The highest BCUT2D eigenvalue weighted by Crippen LogP contribution is 2.08. The van der Waals surface area contributed by atoms with Gasteiger partial charge in [-0.1, -0.05) is 0 Å². The van der Waals surface area contributed by atoms with Gasteiger partial charge in [0.05, 0.1) is 7.05 Å². The molecule has 2 amide bonds. The van der Waals surface area contributed by atoms with E-state index in [2.05, 4.69) is 15.0 Å². The summed E-state index contributed by atoms with van der Waals surface area (Å²) in [7, 11) is 1.77. The fraction of sp³-hybridized carbons (Fsp3) is 0.111. The first-order chi connectivity index (χ1) is 9.44. The number of imidazole rings is 1. The first-order valence-corrected chi connectivity index (χ1v) is 5.23. The average Bonchev–Trinajstić information content (AvgIpc) is 2.73. The molecule has 0 unspecified atom stereocenters. The summed E-state index contributed by atoms with van der Waals surface area (Å²) >= 11 is 0. The Bertz CT molecular complexity index is 634. The molecule has 0 fully saturated rings. The van der Waals surface area contributed by atoms with Crippen LogP contribution < -0.4 is 15.2 Å². The molecule has 11 heteroatoms. The van der Waals surface area contributed by atoms with Crippen LogP contribution in [-0.2, 0) is 7.05 Å². The Hall–Kier alpha value is -3.24. The van der Waals surface area contributed by atoms with Gasteiger partial charge < -0.3 is 10.2 Å². The fourth-order valence-electron chi connectivity index (χ4n) is 1.35. The Morgan fingerprint density at radius 2 is 1.70 bits per heavy atom. The highest BCUT2D eigenvalue weighted by atomic mass is 16.4. The van der Waals surface area contributed by atoms with Crippen molar-refractivity contribution < 1.29 is 24.4 Å². The minimum atomic E-state index is -1.37. The van der Waals surface area contributed by atoms with Gasteiger partial charge in [0.1, 0.15) is 12.4 Å². The Morgan fingerprint density at radius 3 is 2.10 bits per heavy atom. The molecule has 0 saturated carbocycles. The average molecular weight is 280 g/mol. The van der Waals surface area contributed by atoms with Crippen molar-refractivity contribution in [2.45, 2.75) is 0 Å². The normalized spacial score (nSPS) is 10.1. The number of hydrogen-bond acceptors (Lipinski definition) is 5. The van der Waals surface area contributed by atoms with Crippen molar-refractivity contribution in [1.82, 2.24) is 19.5 Å². The summed E-state index contributed by atoms with van der Waals surface area (Å²) < 4.78 is 3.18. The van der Waals surface area contributed by atoms with Crippen LogP contribution >= 0.6 is 0 Å². The fourth-order valence-corrected chi connectivity index (χ4v) is 1.35. The van der Waals surface area contributed by atoms with Gasteiger partial charge in [-0.25, -0.2) is 14.2 Å². The molecular weight excluding hydrogens is 270 g/mol. The van der Waals surface area contributed by atoms with Crippen molar-refractivity contribution in [2.75, 3.05) is 10.6 Å². The van der Waals surface area contributed by atoms with Crippen LogP contribution in [0.2, 0.25) is 0 Å². The maximum atomic E-state index is 10.6. The van der Waals surface area contributed by atoms with Crippen molar-refractivity contribution in [3.05, 3.63) is 18.7 Å². The number of amides is 2. The van der Waals surface area contributed by atoms with Crippen LogP contribution in [0.1, 0.15) is 0 Å². The van der Waals surface area contributed by atoms with E-state index in [0.717, 1.165) is 0 Å². The van der Waals surface area contributed by atoms with Gasteiger partial charge in [0.25, 0.3) is 6.33 Å². The lowest BCUT2D eigenvalue weighted by Gasteiger charge is -2.03. The van der Waals surface area contributed by atoms with E-state index in [1.54, 1.807) is 30.3 Å². The summed E-state index contributed by atoms with van der Waals surface area (Å²) in [6, 6.07) is 0. The third-order valence-electron chi connectivity index (χ3n) is 2.06. The molecule has 2 heterocycles. The Kier molecular flexibility index (Phi) is 3.41. The Labute approximate surface area is 111 Å². The molecule has 0 saturated heterocycles. The third-order valence-corrected chi connectivity index (χ3v) is 2.06. The van der Waals surface area contributed by atoms with Crippen LogP contribution in [0, 0.1) is 0 Å². The second-order valence-electron chi connectivity index (χ2n) is 3.63. The number of hydrogen-bond donors (Lipinski definition) is 4. The minimum absolute atomic E-state index is 0.0631. The molecule has 4 N–H and O–H groups in total. The topological polar surface area (TPSA) is 146 Å². The first kappa shape index (κ1) is 13.2. The van der Waals surface area contributed by atoms with Crippen molar-refractivity contribution in [3.63, 3.8) is 0 Å². The molecular formula is C9H10N7O4+. The zero-order valence-corrected chi connectivity index (χ0v) is 10.2. The lowest BCUT2D eigenvalue weighted by atomic mass is 10.7. The molecule has 20 heavy (non-hydrogen) atoms. The van der Waals surface area contributed by atoms with E-state index < -0.39 is 12.2 Å². The smallest absolute Gasteiger partial charge is 0.411 e. The third kappa shape index (κ3) is 3.16. The van der Waals surface area contributed by atoms with Gasteiger partial charge in [0.15, 0.2) is 0 Å². The van der Waals surface area contributed by atoms with Gasteiger partial charge in [-0.3, -0.25) is 10.6 Å². The molecule has 2 rings (SSSR count). The van der Waals surface area contributed by atoms with Crippen molar-refractivity contribution in [1.29, 1.82) is 0 Å². The maximum absolute atomic E-state index is 10.6. The van der Waals surface area contributed by atoms with Crippen molar-refractivity contribution >= 4 is 24.1 Å². The van der Waals surface area contributed by atoms with E-state index in [9.17, 15) is 9.59 Å². The number of carboxylic acid groups (broad SMARTS) is 2. The lowest BCUT2D eigenvalue weighted by molar-refractivity contribution is -0.670. The molecule has 0 radical (unpaired) electrons. The molecule has 0 bridgehead atoms. The van der Waals surface area contributed by atoms with E-state index >= 15 is 0 Å². The SMILES string of the molecule is C[n+]1ccn(-c2nc(NC(=O)O)nc(NC(=O)O)n2)c1. The molecule has 0 atom stereocenters. The van der Waals surface area contributed by atoms with Gasteiger partial charge in [-0.2, -0.15) is 19.5 Å². The second-order valence-corrected chi connectivity index (χ2v) is 3.63. The van der Waals surface area contributed by atoms with E-state index in [0.29, 0.717) is 0 Å². The number of carbonyl (C=O) groups is 2. The monoisotopic (exact) mass is 280 g/mol. The van der Waals surface area contributed by atoms with Crippen molar-refractivity contribution in [3.8, 4) is 5.95 Å². The summed E-state index contributed by atoms with van der Waals surface area (Å²) in [6.45, 7) is 0. The van der Waals surface area contributed by atoms with Crippen molar-refractivity contribution in [2.24, 2.45) is 7.05 Å². The summed E-state index contributed by atoms with van der Waals surface area (Å²) in [5.74, 6) is -0.515. The quantitative estimate of drug-likeness (QED) is 0.563. The summed E-state index contributed by atoms with van der Waals surface area (Å²) in [5.41, 5.74) is 0. The largest absolute Gasteiger partial charge is 0.465 e. The number of rotatable bonds is 3. The van der Waals surface area contributed by atoms with Gasteiger partial charge in [-0.05, 0) is 0 Å². The van der Waals surface area contributed by atoms with Gasteiger partial charge in [-0.15, -0.1) is 0 Å². The molecule has 0 aliphatic rings. The van der Waals surface area contributed by atoms with Crippen LogP contribution in [0.4, 0.5) is 21.5 Å². The van der Waals surface area contributed by atoms with Gasteiger partial charge in [0, 0.05) is 0 Å². The summed E-state index contributed by atoms with van der Waals surface area (Å²) in [6.07, 6.45) is 2.19. The Morgan fingerprint density at radius 1 is 1.15 bits per heavy atom. The molecule has 0 spiro atoms. The van der Waals surface area contributed by atoms with Crippen LogP contribution in [0.25, 0.3) is 5.95 Å². The van der Waals surface area contributed by atoms with E-state index in [4.69, 9.17) is 10.2 Å². The Balaban J connectivity index is 2.44. The summed E-state index contributed by atoms with van der Waals surface area (Å²) in [4.78, 5) is 32.5. The van der Waals surface area contributed by atoms with E-state index in [1.807, 2.05) is 10.6 Å². The molecule has 104 valence electrons. The molecule has 11 nitrogen and oxygen atoms in total. The number of nitrogens with one attached hydrogen (secondary N) is 2. The molecule has 2 aromatic rings. The van der Waals surface area contributed by atoms with Crippen LogP contribution in [0.15, 0.2) is 18.7 Å². The zero-order chi connectivity index (χ0) is 14.7. The second kappa shape index (κ2) is 5.17. The predicted octanol–water partition coefficient (Wildman–Crippen LogP) is -0.333. The van der Waals surface area contributed by atoms with Crippen LogP contribution in [-0.4, -0.2) is 41.9 Å². The highest BCUT2D eigenvalue weighted by Gasteiger charge is 2.15. The first-order valence-electron chi connectivity index (χ1n) is 5.23. The number of anilines is 2. The van der Waals surface area contributed by atoms with Crippen LogP contribution in [0.5, 0.6) is 0 Å². The molecule has 0 aliphatic carbocycles.